The number of hydrogen-bond donors (Lipinski definition) is 0. The highest BCUT2D eigenvalue weighted by Crippen LogP contribution is 2.38. The molecular weight excluding hydrogens is 334 g/mol. The average molecular weight is 355 g/mol. The molecule has 0 N–H and O–H groups in total. The van der Waals surface area contributed by atoms with Gasteiger partial charge in [0.25, 0.3) is 0 Å². The molecule has 2 aliphatic heterocycles. The molecule has 1 atom stereocenters. The van der Waals surface area contributed by atoms with Crippen LogP contribution in [0.3, 0.4) is 0 Å². The summed E-state index contributed by atoms with van der Waals surface area (Å²) in [6, 6.07) is 8.21. The number of fused-ring (bicyclic) bond motifs is 1. The van der Waals surface area contributed by atoms with Crippen LogP contribution in [0.15, 0.2) is 35.7 Å². The van der Waals surface area contributed by atoms with Crippen molar-refractivity contribution in [3.8, 4) is 11.5 Å². The molecule has 25 heavy (non-hydrogen) atoms. The van der Waals surface area contributed by atoms with Crippen LogP contribution in [0.4, 0.5) is 0 Å². The average Bonchev–Trinajstić information content (AvgIpc) is 3.28. The fraction of sp³-hybridized carbons (Fsp3) is 0.350. The van der Waals surface area contributed by atoms with E-state index >= 15 is 0 Å². The Morgan fingerprint density at radius 3 is 2.88 bits per heavy atom. The Kier molecular flexibility index (Phi) is 4.49. The lowest BCUT2D eigenvalue weighted by atomic mass is 10.0. The summed E-state index contributed by atoms with van der Waals surface area (Å²) in [6.45, 7) is 4.03. The van der Waals surface area contributed by atoms with Crippen LogP contribution in [0.25, 0.3) is 6.08 Å². The fourth-order valence-corrected chi connectivity index (χ4v) is 4.26. The second-order valence-corrected chi connectivity index (χ2v) is 7.34. The third-order valence-electron chi connectivity index (χ3n) is 4.77. The Morgan fingerprint density at radius 1 is 1.24 bits per heavy atom. The molecule has 1 fully saturated rings. The molecule has 2 aromatic rings. The van der Waals surface area contributed by atoms with E-state index in [0.29, 0.717) is 13.2 Å². The van der Waals surface area contributed by atoms with Crippen molar-refractivity contribution in [2.45, 2.75) is 25.8 Å². The number of hydrogen-bond acceptors (Lipinski definition) is 4. The van der Waals surface area contributed by atoms with Crippen LogP contribution in [0.2, 0.25) is 0 Å². The van der Waals surface area contributed by atoms with Crippen LogP contribution in [-0.2, 0) is 4.79 Å². The van der Waals surface area contributed by atoms with E-state index < -0.39 is 0 Å². The number of rotatable bonds is 3. The smallest absolute Gasteiger partial charge is 0.247 e. The van der Waals surface area contributed by atoms with Crippen molar-refractivity contribution in [2.24, 2.45) is 0 Å². The largest absolute Gasteiger partial charge is 0.486 e. The molecule has 0 radical (unpaired) electrons. The molecule has 130 valence electrons. The van der Waals surface area contributed by atoms with Crippen LogP contribution < -0.4 is 9.47 Å². The van der Waals surface area contributed by atoms with E-state index in [0.717, 1.165) is 41.3 Å². The van der Waals surface area contributed by atoms with Gasteiger partial charge in [-0.3, -0.25) is 4.79 Å². The summed E-state index contributed by atoms with van der Waals surface area (Å²) < 4.78 is 11.3. The van der Waals surface area contributed by atoms with E-state index in [2.05, 4.69) is 19.1 Å². The first kappa shape index (κ1) is 16.2. The van der Waals surface area contributed by atoms with Gasteiger partial charge in [0, 0.05) is 17.5 Å². The van der Waals surface area contributed by atoms with Gasteiger partial charge in [-0.25, -0.2) is 0 Å². The van der Waals surface area contributed by atoms with E-state index in [-0.39, 0.29) is 11.9 Å². The summed E-state index contributed by atoms with van der Waals surface area (Å²) in [5.74, 6) is 1.65. The molecule has 0 bridgehead atoms. The topological polar surface area (TPSA) is 38.8 Å². The van der Waals surface area contributed by atoms with E-state index in [1.807, 2.05) is 28.5 Å². The van der Waals surface area contributed by atoms with Crippen molar-refractivity contribution in [1.29, 1.82) is 0 Å². The Bertz CT molecular complexity index is 811. The van der Waals surface area contributed by atoms with Gasteiger partial charge < -0.3 is 14.4 Å². The van der Waals surface area contributed by atoms with Gasteiger partial charge in [0.15, 0.2) is 11.5 Å². The van der Waals surface area contributed by atoms with Crippen molar-refractivity contribution in [3.63, 3.8) is 0 Å². The van der Waals surface area contributed by atoms with Gasteiger partial charge in [0.1, 0.15) is 13.2 Å². The number of aryl methyl sites for hydroxylation is 1. The van der Waals surface area contributed by atoms with Gasteiger partial charge >= 0.3 is 0 Å². The lowest BCUT2D eigenvalue weighted by Gasteiger charge is -2.26. The molecular formula is C20H21NO3S. The molecule has 4 nitrogen and oxygen atoms in total. The van der Waals surface area contributed by atoms with Gasteiger partial charge in [-0.2, -0.15) is 0 Å². The minimum atomic E-state index is 0.0742. The van der Waals surface area contributed by atoms with Gasteiger partial charge in [0.05, 0.1) is 6.04 Å². The Labute approximate surface area is 151 Å². The van der Waals surface area contributed by atoms with Gasteiger partial charge in [-0.1, -0.05) is 6.07 Å². The Hall–Kier alpha value is -2.27. The molecule has 1 amide bonds. The molecule has 1 saturated heterocycles. The van der Waals surface area contributed by atoms with E-state index in [1.165, 1.54) is 5.56 Å². The lowest BCUT2D eigenvalue weighted by molar-refractivity contribution is -0.126. The third-order valence-corrected chi connectivity index (χ3v) is 5.75. The van der Waals surface area contributed by atoms with E-state index in [4.69, 9.17) is 9.47 Å². The highest BCUT2D eigenvalue weighted by atomic mass is 32.1. The molecule has 0 aliphatic carbocycles. The van der Waals surface area contributed by atoms with Crippen LogP contribution in [-0.4, -0.2) is 30.6 Å². The zero-order valence-corrected chi connectivity index (χ0v) is 15.1. The molecule has 3 heterocycles. The van der Waals surface area contributed by atoms with Gasteiger partial charge in [0.2, 0.25) is 5.91 Å². The predicted molar refractivity (Wildman–Crippen MR) is 99.2 cm³/mol. The number of nitrogens with zero attached hydrogens (tertiary/aromatic N) is 1. The molecule has 1 unspecified atom stereocenters. The van der Waals surface area contributed by atoms with Crippen molar-refractivity contribution < 1.29 is 14.3 Å². The molecule has 1 aromatic carbocycles. The second-order valence-electron chi connectivity index (χ2n) is 6.39. The SMILES string of the molecule is Cc1ccsc1/C=C/C(=O)N1CCCC1c1ccc2c(c1)OCCO2. The van der Waals surface area contributed by atoms with E-state index in [9.17, 15) is 4.79 Å². The maximum Gasteiger partial charge on any atom is 0.247 e. The zero-order valence-electron chi connectivity index (χ0n) is 14.2. The summed E-state index contributed by atoms with van der Waals surface area (Å²) in [7, 11) is 0. The second kappa shape index (κ2) is 6.92. The molecule has 5 heteroatoms. The molecule has 4 rings (SSSR count). The quantitative estimate of drug-likeness (QED) is 0.775. The first-order valence-electron chi connectivity index (χ1n) is 8.65. The summed E-state index contributed by atoms with van der Waals surface area (Å²) in [4.78, 5) is 15.8. The van der Waals surface area contributed by atoms with Crippen molar-refractivity contribution in [3.05, 3.63) is 51.7 Å². The molecule has 1 aromatic heterocycles. The minimum absolute atomic E-state index is 0.0742. The number of carbonyl (C=O) groups excluding carboxylic acids is 1. The van der Waals surface area contributed by atoms with Crippen LogP contribution in [0.1, 0.15) is 34.9 Å². The van der Waals surface area contributed by atoms with Crippen LogP contribution in [0, 0.1) is 6.92 Å². The van der Waals surface area contributed by atoms with Gasteiger partial charge in [-0.15, -0.1) is 11.3 Å². The van der Waals surface area contributed by atoms with Crippen molar-refractivity contribution >= 4 is 23.3 Å². The number of amides is 1. The molecule has 0 spiro atoms. The number of ether oxygens (including phenoxy) is 2. The highest BCUT2D eigenvalue weighted by Gasteiger charge is 2.29. The maximum atomic E-state index is 12.7. The number of likely N-dealkylation sites (tertiary alicyclic amines) is 1. The van der Waals surface area contributed by atoms with Crippen molar-refractivity contribution in [1.82, 2.24) is 4.90 Å². The number of benzene rings is 1. The minimum Gasteiger partial charge on any atom is -0.486 e. The maximum absolute atomic E-state index is 12.7. The first-order valence-corrected chi connectivity index (χ1v) is 9.52. The lowest BCUT2D eigenvalue weighted by Crippen LogP contribution is -2.29. The third kappa shape index (κ3) is 3.29. The highest BCUT2D eigenvalue weighted by molar-refractivity contribution is 7.11. The van der Waals surface area contributed by atoms with Crippen molar-refractivity contribution in [2.75, 3.05) is 19.8 Å². The molecule has 0 saturated carbocycles. The van der Waals surface area contributed by atoms with Gasteiger partial charge in [-0.05, 0) is 60.5 Å². The molecule has 2 aliphatic rings. The summed E-state index contributed by atoms with van der Waals surface area (Å²) in [6.07, 6.45) is 5.64. The number of thiophene rings is 1. The first-order chi connectivity index (χ1) is 12.2. The monoisotopic (exact) mass is 355 g/mol. The fourth-order valence-electron chi connectivity index (χ4n) is 3.44. The van der Waals surface area contributed by atoms with E-state index in [1.54, 1.807) is 17.4 Å². The normalized spacial score (nSPS) is 19.6. The Morgan fingerprint density at radius 2 is 2.08 bits per heavy atom. The summed E-state index contributed by atoms with van der Waals surface area (Å²) >= 11 is 1.66. The predicted octanol–water partition coefficient (Wildman–Crippen LogP) is 4.20. The van der Waals surface area contributed by atoms with Crippen LogP contribution >= 0.6 is 11.3 Å². The summed E-state index contributed by atoms with van der Waals surface area (Å²) in [5, 5.41) is 2.05. The Balaban J connectivity index is 1.53. The van der Waals surface area contributed by atoms with Crippen LogP contribution in [0.5, 0.6) is 11.5 Å². The standard InChI is InChI=1S/C20H21NO3S/c1-14-8-12-25-19(14)6-7-20(22)21-9-2-3-16(21)15-4-5-17-18(13-15)24-11-10-23-17/h4-8,12-13,16H,2-3,9-11H2,1H3/b7-6+. The number of carbonyl (C=O) groups is 1. The zero-order chi connectivity index (χ0) is 17.2. The summed E-state index contributed by atoms with van der Waals surface area (Å²) in [5.41, 5.74) is 2.33.